The first-order valence-corrected chi connectivity index (χ1v) is 17.3. The van der Waals surface area contributed by atoms with E-state index in [1.165, 1.54) is 82.3 Å². The number of hydrogen-bond donors (Lipinski definition) is 0. The minimum atomic E-state index is 1.16. The molecule has 2 aromatic heterocycles. The lowest BCUT2D eigenvalue weighted by atomic mass is 9.99. The lowest BCUT2D eigenvalue weighted by Gasteiger charge is -2.10. The van der Waals surface area contributed by atoms with Gasteiger partial charge in [0.05, 0.1) is 16.6 Å². The number of para-hydroxylation sites is 1. The van der Waals surface area contributed by atoms with Gasteiger partial charge < -0.3 is 9.13 Å². The summed E-state index contributed by atoms with van der Waals surface area (Å²) in [5.41, 5.74) is 13.2. The zero-order valence-electron chi connectivity index (χ0n) is 28.2. The van der Waals surface area contributed by atoms with Gasteiger partial charge in [-0.05, 0) is 108 Å². The largest absolute Gasteiger partial charge is 0.310 e. The van der Waals surface area contributed by atoms with Crippen molar-refractivity contribution in [1.82, 2.24) is 9.13 Å². The van der Waals surface area contributed by atoms with E-state index in [1.54, 1.807) is 0 Å². The van der Waals surface area contributed by atoms with Gasteiger partial charge in [0, 0.05) is 38.1 Å². The molecule has 9 aromatic rings. The van der Waals surface area contributed by atoms with Crippen molar-refractivity contribution in [2.24, 2.45) is 0 Å². The highest BCUT2D eigenvalue weighted by atomic mass is 15.0. The zero-order valence-corrected chi connectivity index (χ0v) is 28.2. The maximum atomic E-state index is 2.41. The van der Waals surface area contributed by atoms with Crippen LogP contribution in [0.15, 0.2) is 170 Å². The van der Waals surface area contributed by atoms with Gasteiger partial charge in [0.2, 0.25) is 0 Å². The Morgan fingerprint density at radius 3 is 1.32 bits per heavy atom. The van der Waals surface area contributed by atoms with Crippen LogP contribution in [-0.4, -0.2) is 9.13 Å². The first-order chi connectivity index (χ1) is 24.7. The van der Waals surface area contributed by atoms with E-state index >= 15 is 0 Å². The van der Waals surface area contributed by atoms with Gasteiger partial charge in [0.15, 0.2) is 0 Å². The van der Waals surface area contributed by atoms with Crippen molar-refractivity contribution in [2.75, 3.05) is 0 Å². The minimum absolute atomic E-state index is 1.16. The molecule has 2 nitrogen and oxygen atoms in total. The first kappa shape index (κ1) is 29.7. The van der Waals surface area contributed by atoms with Crippen LogP contribution in [0.4, 0.5) is 0 Å². The smallest absolute Gasteiger partial charge is 0.0541 e. The Kier molecular flexibility index (Phi) is 7.29. The van der Waals surface area contributed by atoms with Crippen LogP contribution in [0.25, 0.3) is 89.6 Å². The number of benzene rings is 7. The summed E-state index contributed by atoms with van der Waals surface area (Å²) < 4.78 is 4.80. The molecular formula is C48H36N2. The van der Waals surface area contributed by atoms with Gasteiger partial charge in [-0.1, -0.05) is 121 Å². The van der Waals surface area contributed by atoms with Gasteiger partial charge in [0.25, 0.3) is 0 Å². The molecule has 2 heterocycles. The molecule has 0 radical (unpaired) electrons. The Morgan fingerprint density at radius 2 is 0.780 bits per heavy atom. The predicted molar refractivity (Wildman–Crippen MR) is 213 cm³/mol. The zero-order chi connectivity index (χ0) is 33.6. The summed E-state index contributed by atoms with van der Waals surface area (Å²) in [7, 11) is 0. The third-order valence-corrected chi connectivity index (χ3v) is 10.0. The molecule has 0 bridgehead atoms. The summed E-state index contributed by atoms with van der Waals surface area (Å²) in [5, 5.41) is 6.22. The minimum Gasteiger partial charge on any atom is -0.310 e. The molecule has 0 amide bonds. The third kappa shape index (κ3) is 4.88. The predicted octanol–water partition coefficient (Wildman–Crippen LogP) is 11.3. The van der Waals surface area contributed by atoms with Crippen LogP contribution in [0.3, 0.4) is 0 Å². The third-order valence-electron chi connectivity index (χ3n) is 10.0. The van der Waals surface area contributed by atoms with E-state index in [4.69, 9.17) is 0 Å². The van der Waals surface area contributed by atoms with Gasteiger partial charge in [-0.25, -0.2) is 0 Å². The van der Waals surface area contributed by atoms with E-state index in [2.05, 4.69) is 205 Å². The molecule has 0 spiro atoms. The molecule has 0 N–H and O–H groups in total. The van der Waals surface area contributed by atoms with Crippen molar-refractivity contribution in [3.05, 3.63) is 180 Å². The van der Waals surface area contributed by atoms with Crippen LogP contribution < -0.4 is 10.6 Å². The summed E-state index contributed by atoms with van der Waals surface area (Å²) in [6.45, 7) is 4.29. The highest BCUT2D eigenvalue weighted by Gasteiger charge is 2.16. The Bertz CT molecular complexity index is 2800. The quantitative estimate of drug-likeness (QED) is 0.177. The molecule has 9 rings (SSSR count). The lowest BCUT2D eigenvalue weighted by molar-refractivity contribution is 1.07. The first-order valence-electron chi connectivity index (χ1n) is 17.3. The second-order valence-electron chi connectivity index (χ2n) is 12.9. The highest BCUT2D eigenvalue weighted by molar-refractivity contribution is 6.11. The Morgan fingerprint density at radius 1 is 0.340 bits per heavy atom. The molecule has 238 valence electrons. The van der Waals surface area contributed by atoms with E-state index in [0.29, 0.717) is 0 Å². The maximum absolute atomic E-state index is 2.41. The number of rotatable bonds is 5. The van der Waals surface area contributed by atoms with Crippen LogP contribution in [0, 0.1) is 0 Å². The average molecular weight is 641 g/mol. The Labute approximate surface area is 292 Å². The second kappa shape index (κ2) is 12.3. The van der Waals surface area contributed by atoms with Gasteiger partial charge in [-0.15, -0.1) is 0 Å². The molecule has 0 saturated carbocycles. The van der Waals surface area contributed by atoms with Crippen molar-refractivity contribution in [1.29, 1.82) is 0 Å². The van der Waals surface area contributed by atoms with Crippen molar-refractivity contribution < 1.29 is 0 Å². The van der Waals surface area contributed by atoms with Gasteiger partial charge >= 0.3 is 0 Å². The standard InChI is InChI=1S/C48H36N2/c1-3-41-42-31-37(24-27-46(42)50(45(41)4-2)40-22-14-19-35(29-40)33-15-8-5-9-16-33)38-25-28-48-44(32-38)43-30-36(34-17-10-6-11-18-34)23-26-47(43)49(48)39-20-12-7-13-21-39/h3-32H,1-2H3/b41-3-,45-4+. The summed E-state index contributed by atoms with van der Waals surface area (Å²) in [4.78, 5) is 0. The lowest BCUT2D eigenvalue weighted by Crippen LogP contribution is -2.27. The molecule has 2 heteroatoms. The van der Waals surface area contributed by atoms with Gasteiger partial charge in [-0.3, -0.25) is 0 Å². The molecule has 0 aliphatic carbocycles. The van der Waals surface area contributed by atoms with Crippen molar-refractivity contribution in [3.63, 3.8) is 0 Å². The Hall–Kier alpha value is -6.38. The molecule has 0 fully saturated rings. The molecule has 0 saturated heterocycles. The number of aromatic nitrogens is 2. The van der Waals surface area contributed by atoms with Crippen LogP contribution in [-0.2, 0) is 0 Å². The summed E-state index contributed by atoms with van der Waals surface area (Å²) in [6, 6.07) is 61.6. The molecule has 0 atom stereocenters. The fraction of sp³-hybridized carbons (Fsp3) is 0.0417. The van der Waals surface area contributed by atoms with Crippen LogP contribution in [0.2, 0.25) is 0 Å². The van der Waals surface area contributed by atoms with E-state index in [1.807, 2.05) is 0 Å². The van der Waals surface area contributed by atoms with Crippen molar-refractivity contribution >= 4 is 44.9 Å². The monoisotopic (exact) mass is 640 g/mol. The fourth-order valence-electron chi connectivity index (χ4n) is 7.70. The average Bonchev–Trinajstić information content (AvgIpc) is 3.70. The molecular weight excluding hydrogens is 605 g/mol. The van der Waals surface area contributed by atoms with Gasteiger partial charge in [0.1, 0.15) is 0 Å². The molecule has 50 heavy (non-hydrogen) atoms. The van der Waals surface area contributed by atoms with Crippen LogP contribution in [0.5, 0.6) is 0 Å². The molecule has 0 aliphatic rings. The van der Waals surface area contributed by atoms with E-state index in [-0.39, 0.29) is 0 Å². The number of hydrogen-bond acceptors (Lipinski definition) is 0. The second-order valence-corrected chi connectivity index (χ2v) is 12.9. The van der Waals surface area contributed by atoms with E-state index < -0.39 is 0 Å². The number of nitrogens with zero attached hydrogens (tertiary/aromatic N) is 2. The molecule has 0 aliphatic heterocycles. The number of fused-ring (bicyclic) bond motifs is 4. The topological polar surface area (TPSA) is 9.86 Å². The van der Waals surface area contributed by atoms with Crippen LogP contribution in [0.1, 0.15) is 13.8 Å². The summed E-state index contributed by atoms with van der Waals surface area (Å²) >= 11 is 0. The molecule has 0 unspecified atom stereocenters. The fourth-order valence-corrected chi connectivity index (χ4v) is 7.70. The van der Waals surface area contributed by atoms with Crippen LogP contribution >= 0.6 is 0 Å². The SMILES string of the molecule is C/C=c1\c(=C/C)n(-c2cccc(-c3ccccc3)c2)c2ccc(-c3ccc4c(c3)c3cc(-c5ccccc5)ccc3n4-c3ccccc3)cc12. The van der Waals surface area contributed by atoms with Crippen molar-refractivity contribution in [2.45, 2.75) is 13.8 Å². The highest BCUT2D eigenvalue weighted by Crippen LogP contribution is 2.37. The Balaban J connectivity index is 1.24. The van der Waals surface area contributed by atoms with Crippen molar-refractivity contribution in [3.8, 4) is 44.8 Å². The van der Waals surface area contributed by atoms with E-state index in [0.717, 1.165) is 5.69 Å². The van der Waals surface area contributed by atoms with E-state index in [9.17, 15) is 0 Å². The van der Waals surface area contributed by atoms with Gasteiger partial charge in [-0.2, -0.15) is 0 Å². The normalized spacial score (nSPS) is 12.4. The molecule has 7 aromatic carbocycles. The summed E-state index contributed by atoms with van der Waals surface area (Å²) in [6.07, 6.45) is 4.49. The maximum Gasteiger partial charge on any atom is 0.0541 e. The summed E-state index contributed by atoms with van der Waals surface area (Å²) in [5.74, 6) is 0.